The van der Waals surface area contributed by atoms with Gasteiger partial charge in [-0.05, 0) is 25.1 Å². The highest BCUT2D eigenvalue weighted by Gasteiger charge is 2.34. The van der Waals surface area contributed by atoms with Gasteiger partial charge in [-0.1, -0.05) is 0 Å². The van der Waals surface area contributed by atoms with E-state index >= 15 is 0 Å². The molecule has 6 heteroatoms. The lowest BCUT2D eigenvalue weighted by Gasteiger charge is -2.26. The fraction of sp³-hybridized carbons (Fsp3) is 0.417. The second-order valence-electron chi connectivity index (χ2n) is 3.98. The highest BCUT2D eigenvalue weighted by molar-refractivity contribution is 5.54. The maximum Gasteiger partial charge on any atom is 0.417 e. The third-order valence-corrected chi connectivity index (χ3v) is 2.76. The van der Waals surface area contributed by atoms with Crippen LogP contribution in [0.5, 0.6) is 0 Å². The van der Waals surface area contributed by atoms with E-state index in [1.165, 1.54) is 17.0 Å². The Hall–Kier alpha value is -1.74. The molecule has 0 aliphatic carbocycles. The van der Waals surface area contributed by atoms with Gasteiger partial charge in [-0.25, -0.2) is 0 Å². The van der Waals surface area contributed by atoms with Crippen LogP contribution in [-0.2, 0) is 6.18 Å². The highest BCUT2D eigenvalue weighted by Crippen LogP contribution is 2.34. The van der Waals surface area contributed by atoms with Crippen LogP contribution in [0.3, 0.4) is 0 Å². The van der Waals surface area contributed by atoms with E-state index in [2.05, 4.69) is 0 Å². The van der Waals surface area contributed by atoms with Crippen LogP contribution in [0.2, 0.25) is 0 Å². The molecule has 0 aliphatic heterocycles. The van der Waals surface area contributed by atoms with Crippen molar-refractivity contribution in [1.29, 1.82) is 5.26 Å². The second kappa shape index (κ2) is 5.27. The average Bonchev–Trinajstić information content (AvgIpc) is 2.35. The summed E-state index contributed by atoms with van der Waals surface area (Å²) in [4.78, 5) is 1.52. The largest absolute Gasteiger partial charge is 0.417 e. The first-order valence-electron chi connectivity index (χ1n) is 5.26. The summed E-state index contributed by atoms with van der Waals surface area (Å²) in [5.41, 5.74) is -1.06. The van der Waals surface area contributed by atoms with Gasteiger partial charge in [0, 0.05) is 18.8 Å². The minimum absolute atomic E-state index is 0.169. The van der Waals surface area contributed by atoms with Crippen molar-refractivity contribution in [2.45, 2.75) is 19.1 Å². The number of halogens is 3. The molecule has 1 aromatic rings. The van der Waals surface area contributed by atoms with Crippen LogP contribution in [-0.4, -0.2) is 24.8 Å². The van der Waals surface area contributed by atoms with E-state index in [0.29, 0.717) is 5.69 Å². The molecule has 1 aromatic carbocycles. The third kappa shape index (κ3) is 2.93. The minimum Gasteiger partial charge on any atom is -0.394 e. The summed E-state index contributed by atoms with van der Waals surface area (Å²) in [6.07, 6.45) is -4.57. The Morgan fingerprint density at radius 2 is 2.06 bits per heavy atom. The Bertz CT molecular complexity index is 465. The van der Waals surface area contributed by atoms with Crippen LogP contribution in [0, 0.1) is 11.3 Å². The van der Waals surface area contributed by atoms with Gasteiger partial charge in [0.25, 0.3) is 0 Å². The number of nitriles is 1. The third-order valence-electron chi connectivity index (χ3n) is 2.76. The van der Waals surface area contributed by atoms with Crippen LogP contribution in [0.1, 0.15) is 18.1 Å². The molecule has 18 heavy (non-hydrogen) atoms. The van der Waals surface area contributed by atoms with E-state index in [1.807, 2.05) is 0 Å². The normalized spacial score (nSPS) is 12.9. The Balaban J connectivity index is 3.24. The quantitative estimate of drug-likeness (QED) is 0.905. The fourth-order valence-corrected chi connectivity index (χ4v) is 1.46. The van der Waals surface area contributed by atoms with E-state index in [4.69, 9.17) is 10.4 Å². The van der Waals surface area contributed by atoms with Crippen LogP contribution in [0.4, 0.5) is 18.9 Å². The van der Waals surface area contributed by atoms with E-state index in [-0.39, 0.29) is 12.6 Å². The van der Waals surface area contributed by atoms with Gasteiger partial charge in [-0.2, -0.15) is 18.4 Å². The van der Waals surface area contributed by atoms with Gasteiger partial charge in [-0.3, -0.25) is 0 Å². The highest BCUT2D eigenvalue weighted by atomic mass is 19.4. The molecular weight excluding hydrogens is 245 g/mol. The van der Waals surface area contributed by atoms with Gasteiger partial charge in [-0.15, -0.1) is 0 Å². The molecule has 98 valence electrons. The SMILES string of the molecule is CC(CO)N(C)c1ccc(C#N)c(C(F)(F)F)c1. The number of hydrogen-bond donors (Lipinski definition) is 1. The number of anilines is 1. The molecule has 3 nitrogen and oxygen atoms in total. The number of hydrogen-bond acceptors (Lipinski definition) is 3. The van der Waals surface area contributed by atoms with Gasteiger partial charge in [0.05, 0.1) is 23.8 Å². The van der Waals surface area contributed by atoms with Crippen molar-refractivity contribution in [3.8, 4) is 6.07 Å². The Morgan fingerprint density at radius 3 is 2.50 bits per heavy atom. The lowest BCUT2D eigenvalue weighted by Crippen LogP contribution is -2.32. The van der Waals surface area contributed by atoms with Crippen molar-refractivity contribution < 1.29 is 18.3 Å². The smallest absolute Gasteiger partial charge is 0.394 e. The molecule has 0 saturated carbocycles. The van der Waals surface area contributed by atoms with Gasteiger partial charge >= 0.3 is 6.18 Å². The minimum atomic E-state index is -4.57. The Morgan fingerprint density at radius 1 is 1.44 bits per heavy atom. The van der Waals surface area contributed by atoms with Crippen LogP contribution in [0.25, 0.3) is 0 Å². The van der Waals surface area contributed by atoms with Gasteiger partial charge in [0.2, 0.25) is 0 Å². The van der Waals surface area contributed by atoms with Crippen LogP contribution < -0.4 is 4.90 Å². The maximum atomic E-state index is 12.7. The first kappa shape index (κ1) is 14.3. The monoisotopic (exact) mass is 258 g/mol. The molecule has 0 radical (unpaired) electrons. The van der Waals surface area contributed by atoms with Crippen molar-refractivity contribution in [3.63, 3.8) is 0 Å². The number of aliphatic hydroxyl groups excluding tert-OH is 1. The van der Waals surface area contributed by atoms with Crippen LogP contribution >= 0.6 is 0 Å². The summed E-state index contributed by atoms with van der Waals surface area (Å²) in [5, 5.41) is 17.6. The zero-order valence-electron chi connectivity index (χ0n) is 9.99. The first-order chi connectivity index (χ1) is 8.31. The van der Waals surface area contributed by atoms with E-state index in [0.717, 1.165) is 12.1 Å². The van der Waals surface area contributed by atoms with Crippen molar-refractivity contribution in [1.82, 2.24) is 0 Å². The molecule has 0 spiro atoms. The number of benzene rings is 1. The first-order valence-corrected chi connectivity index (χ1v) is 5.26. The van der Waals surface area contributed by atoms with Gasteiger partial charge < -0.3 is 10.0 Å². The Labute approximate surface area is 103 Å². The molecule has 1 rings (SSSR count). The summed E-state index contributed by atoms with van der Waals surface area (Å²) in [5.74, 6) is 0. The second-order valence-corrected chi connectivity index (χ2v) is 3.98. The molecule has 1 atom stereocenters. The summed E-state index contributed by atoms with van der Waals surface area (Å²) in [6, 6.07) is 4.71. The molecule has 0 aliphatic rings. The predicted octanol–water partition coefficient (Wildman–Crippen LogP) is 2.39. The summed E-state index contributed by atoms with van der Waals surface area (Å²) < 4.78 is 38.2. The average molecular weight is 258 g/mol. The molecular formula is C12H13F3N2O. The predicted molar refractivity (Wildman–Crippen MR) is 61.1 cm³/mol. The summed E-state index contributed by atoms with van der Waals surface area (Å²) >= 11 is 0. The van der Waals surface area contributed by atoms with E-state index in [1.54, 1.807) is 14.0 Å². The zero-order valence-corrected chi connectivity index (χ0v) is 9.99. The number of nitrogens with zero attached hydrogens (tertiary/aromatic N) is 2. The molecule has 0 heterocycles. The number of likely N-dealkylation sites (N-methyl/N-ethyl adjacent to an activating group) is 1. The van der Waals surface area contributed by atoms with E-state index < -0.39 is 17.3 Å². The molecule has 1 unspecified atom stereocenters. The van der Waals surface area contributed by atoms with Crippen molar-refractivity contribution in [3.05, 3.63) is 29.3 Å². The van der Waals surface area contributed by atoms with Crippen LogP contribution in [0.15, 0.2) is 18.2 Å². The molecule has 0 amide bonds. The lowest BCUT2D eigenvalue weighted by molar-refractivity contribution is -0.137. The zero-order chi connectivity index (χ0) is 13.9. The fourth-order valence-electron chi connectivity index (χ4n) is 1.46. The number of alkyl halides is 3. The standard InChI is InChI=1S/C12H13F3N2O/c1-8(7-18)17(2)10-4-3-9(6-16)11(5-10)12(13,14)15/h3-5,8,18H,7H2,1-2H3. The van der Waals surface area contributed by atoms with E-state index in [9.17, 15) is 13.2 Å². The number of aliphatic hydroxyl groups is 1. The molecule has 0 aromatic heterocycles. The topological polar surface area (TPSA) is 47.3 Å². The summed E-state index contributed by atoms with van der Waals surface area (Å²) in [7, 11) is 1.59. The lowest BCUT2D eigenvalue weighted by atomic mass is 10.1. The maximum absolute atomic E-state index is 12.7. The van der Waals surface area contributed by atoms with Gasteiger partial charge in [0.15, 0.2) is 0 Å². The molecule has 0 bridgehead atoms. The molecule has 0 fully saturated rings. The Kier molecular flexibility index (Phi) is 4.19. The number of rotatable bonds is 3. The van der Waals surface area contributed by atoms with Crippen molar-refractivity contribution in [2.75, 3.05) is 18.6 Å². The van der Waals surface area contributed by atoms with Gasteiger partial charge in [0.1, 0.15) is 0 Å². The van der Waals surface area contributed by atoms with Crippen molar-refractivity contribution in [2.24, 2.45) is 0 Å². The molecule has 1 N–H and O–H groups in total. The summed E-state index contributed by atoms with van der Waals surface area (Å²) in [6.45, 7) is 1.52. The molecule has 0 saturated heterocycles. The van der Waals surface area contributed by atoms with Crippen molar-refractivity contribution >= 4 is 5.69 Å².